The highest BCUT2D eigenvalue weighted by Crippen LogP contribution is 2.28. The first kappa shape index (κ1) is 29.9. The lowest BCUT2D eigenvalue weighted by Gasteiger charge is -2.28. The molecular weight excluding hydrogens is 538 g/mol. The summed E-state index contributed by atoms with van der Waals surface area (Å²) >= 11 is 1.61. The van der Waals surface area contributed by atoms with Crippen molar-refractivity contribution in [1.82, 2.24) is 9.80 Å². The van der Waals surface area contributed by atoms with E-state index in [1.165, 1.54) is 0 Å². The average molecular weight is 576 g/mol. The number of carbonyl (C=O) groups excluding carboxylic acids is 2. The molecule has 1 heterocycles. The number of nitrogens with zero attached hydrogens (tertiary/aromatic N) is 2. The van der Waals surface area contributed by atoms with Crippen LogP contribution in [0.4, 0.5) is 10.5 Å². The second-order valence-corrected chi connectivity index (χ2v) is 10.6. The zero-order valence-corrected chi connectivity index (χ0v) is 24.6. The van der Waals surface area contributed by atoms with Gasteiger partial charge in [-0.2, -0.15) is 0 Å². The van der Waals surface area contributed by atoms with Crippen LogP contribution in [-0.4, -0.2) is 69.3 Å². The fourth-order valence-corrected chi connectivity index (χ4v) is 5.35. The van der Waals surface area contributed by atoms with Crippen LogP contribution in [0.3, 0.4) is 0 Å². The van der Waals surface area contributed by atoms with Gasteiger partial charge in [0.15, 0.2) is 11.5 Å². The molecule has 0 unspecified atom stereocenters. The molecular formula is C32H37N3O5S. The van der Waals surface area contributed by atoms with Crippen molar-refractivity contribution < 1.29 is 23.8 Å². The summed E-state index contributed by atoms with van der Waals surface area (Å²) in [5, 5.41) is 7.01. The topological polar surface area (TPSA) is 80.3 Å². The normalized spacial score (nSPS) is 10.8. The molecule has 0 fully saturated rings. The van der Waals surface area contributed by atoms with E-state index in [1.807, 2.05) is 83.1 Å². The van der Waals surface area contributed by atoms with Gasteiger partial charge in [-0.25, -0.2) is 4.79 Å². The third kappa shape index (κ3) is 8.22. The van der Waals surface area contributed by atoms with Crippen molar-refractivity contribution in [2.45, 2.75) is 19.4 Å². The van der Waals surface area contributed by atoms with E-state index in [2.05, 4.69) is 5.32 Å². The molecule has 9 heteroatoms. The lowest BCUT2D eigenvalue weighted by Crippen LogP contribution is -2.45. The number of ether oxygens (including phenoxy) is 3. The molecule has 0 radical (unpaired) electrons. The van der Waals surface area contributed by atoms with Crippen LogP contribution in [0, 0.1) is 0 Å². The summed E-state index contributed by atoms with van der Waals surface area (Å²) in [5.74, 6) is 1.19. The number of carbonyl (C=O) groups is 2. The van der Waals surface area contributed by atoms with Crippen LogP contribution in [0.15, 0.2) is 78.2 Å². The molecule has 0 saturated carbocycles. The van der Waals surface area contributed by atoms with E-state index < -0.39 is 0 Å². The van der Waals surface area contributed by atoms with Crippen LogP contribution in [0.1, 0.15) is 16.9 Å². The number of hydrogen-bond donors (Lipinski definition) is 1. The molecule has 4 aromatic rings. The Bertz CT molecular complexity index is 1420. The highest BCUT2D eigenvalue weighted by atomic mass is 32.1. The van der Waals surface area contributed by atoms with Gasteiger partial charge in [0, 0.05) is 37.1 Å². The Morgan fingerprint density at radius 1 is 0.854 bits per heavy atom. The number of fused-ring (bicyclic) bond motifs is 1. The molecule has 0 aliphatic carbocycles. The minimum atomic E-state index is -0.318. The minimum Gasteiger partial charge on any atom is -0.493 e. The number of hydrogen-bond acceptors (Lipinski definition) is 6. The Balaban J connectivity index is 1.50. The lowest BCUT2D eigenvalue weighted by molar-refractivity contribution is -0.132. The first-order chi connectivity index (χ1) is 20.0. The number of benzene rings is 3. The van der Waals surface area contributed by atoms with Gasteiger partial charge in [0.25, 0.3) is 0 Å². The second-order valence-electron chi connectivity index (χ2n) is 9.56. The van der Waals surface area contributed by atoms with Gasteiger partial charge in [0.05, 0.1) is 26.5 Å². The van der Waals surface area contributed by atoms with Crippen LogP contribution in [0.25, 0.3) is 10.8 Å². The first-order valence-electron chi connectivity index (χ1n) is 13.6. The molecule has 3 amide bonds. The molecule has 216 valence electrons. The zero-order chi connectivity index (χ0) is 29.0. The van der Waals surface area contributed by atoms with Gasteiger partial charge in [0.1, 0.15) is 6.54 Å². The van der Waals surface area contributed by atoms with Crippen LogP contribution in [0.2, 0.25) is 0 Å². The number of rotatable bonds is 14. The molecule has 1 N–H and O–H groups in total. The van der Waals surface area contributed by atoms with Crippen LogP contribution >= 0.6 is 11.3 Å². The summed E-state index contributed by atoms with van der Waals surface area (Å²) in [7, 11) is 4.84. The second kappa shape index (κ2) is 15.1. The smallest absolute Gasteiger partial charge is 0.322 e. The maximum absolute atomic E-state index is 13.8. The van der Waals surface area contributed by atoms with E-state index in [0.29, 0.717) is 56.3 Å². The highest BCUT2D eigenvalue weighted by Gasteiger charge is 2.22. The van der Waals surface area contributed by atoms with Crippen molar-refractivity contribution in [3.8, 4) is 11.5 Å². The molecule has 0 aliphatic heterocycles. The van der Waals surface area contributed by atoms with Gasteiger partial charge in [0.2, 0.25) is 5.91 Å². The van der Waals surface area contributed by atoms with Crippen molar-refractivity contribution in [1.29, 1.82) is 0 Å². The van der Waals surface area contributed by atoms with Gasteiger partial charge in [-0.3, -0.25) is 4.79 Å². The summed E-state index contributed by atoms with van der Waals surface area (Å²) in [5.41, 5.74) is 1.73. The van der Waals surface area contributed by atoms with Gasteiger partial charge in [-0.15, -0.1) is 11.3 Å². The Labute approximate surface area is 245 Å². The van der Waals surface area contributed by atoms with Crippen molar-refractivity contribution in [3.05, 3.63) is 88.6 Å². The molecule has 0 saturated heterocycles. The monoisotopic (exact) mass is 575 g/mol. The number of anilines is 1. The van der Waals surface area contributed by atoms with Crippen LogP contribution in [-0.2, 0) is 22.5 Å². The fourth-order valence-electron chi connectivity index (χ4n) is 4.63. The molecule has 0 atom stereocenters. The van der Waals surface area contributed by atoms with Crippen molar-refractivity contribution in [2.24, 2.45) is 0 Å². The number of amides is 3. The quantitative estimate of drug-likeness (QED) is 0.185. The lowest BCUT2D eigenvalue weighted by atomic mass is 10.1. The molecule has 0 spiro atoms. The summed E-state index contributed by atoms with van der Waals surface area (Å²) in [4.78, 5) is 31.7. The standard InChI is InChI=1S/C32H37N3O5S/c1-38-19-8-17-35(32(37)33-28-13-6-10-25-9-4-5-12-27(25)28)23-31(36)34(22-26-11-7-20-41-26)18-16-24-14-15-29(39-2)30(21-24)40-3/h4-7,9-15,20-21H,8,16-19,22-23H2,1-3H3,(H,33,37). The summed E-state index contributed by atoms with van der Waals surface area (Å²) in [6, 6.07) is 23.1. The predicted molar refractivity (Wildman–Crippen MR) is 164 cm³/mol. The van der Waals surface area contributed by atoms with Gasteiger partial charge >= 0.3 is 6.03 Å². The van der Waals surface area contributed by atoms with E-state index >= 15 is 0 Å². The summed E-state index contributed by atoms with van der Waals surface area (Å²) < 4.78 is 16.0. The molecule has 0 aliphatic rings. The van der Waals surface area contributed by atoms with Crippen molar-refractivity contribution in [2.75, 3.05) is 52.9 Å². The summed E-state index contributed by atoms with van der Waals surface area (Å²) in [6.45, 7) is 1.80. The molecule has 3 aromatic carbocycles. The Morgan fingerprint density at radius 3 is 2.41 bits per heavy atom. The fraction of sp³-hybridized carbons (Fsp3) is 0.312. The van der Waals surface area contributed by atoms with E-state index in [4.69, 9.17) is 14.2 Å². The Kier molecular flexibility index (Phi) is 11.0. The van der Waals surface area contributed by atoms with Crippen molar-refractivity contribution >= 4 is 39.7 Å². The first-order valence-corrected chi connectivity index (χ1v) is 14.4. The predicted octanol–water partition coefficient (Wildman–Crippen LogP) is 6.06. The minimum absolute atomic E-state index is 0.0440. The molecule has 8 nitrogen and oxygen atoms in total. The third-order valence-corrected chi connectivity index (χ3v) is 7.68. The third-order valence-electron chi connectivity index (χ3n) is 6.82. The molecule has 41 heavy (non-hydrogen) atoms. The SMILES string of the molecule is COCCCN(CC(=O)N(CCc1ccc(OC)c(OC)c1)Cc1cccs1)C(=O)Nc1cccc2ccccc12. The molecule has 0 bridgehead atoms. The zero-order valence-electron chi connectivity index (χ0n) is 23.8. The average Bonchev–Trinajstić information content (AvgIpc) is 3.52. The Morgan fingerprint density at radius 2 is 1.66 bits per heavy atom. The molecule has 1 aromatic heterocycles. The number of urea groups is 1. The van der Waals surface area contributed by atoms with E-state index in [-0.39, 0.29) is 18.5 Å². The highest BCUT2D eigenvalue weighted by molar-refractivity contribution is 7.09. The summed E-state index contributed by atoms with van der Waals surface area (Å²) in [6.07, 6.45) is 1.24. The molecule has 4 rings (SSSR count). The van der Waals surface area contributed by atoms with E-state index in [9.17, 15) is 9.59 Å². The number of methoxy groups -OCH3 is 3. The Hall–Kier alpha value is -4.08. The van der Waals surface area contributed by atoms with Gasteiger partial charge in [-0.05, 0) is 53.4 Å². The maximum atomic E-state index is 13.8. The van der Waals surface area contributed by atoms with Crippen LogP contribution < -0.4 is 14.8 Å². The van der Waals surface area contributed by atoms with Gasteiger partial charge < -0.3 is 29.3 Å². The van der Waals surface area contributed by atoms with Crippen LogP contribution in [0.5, 0.6) is 11.5 Å². The van der Waals surface area contributed by atoms with E-state index in [0.717, 1.165) is 21.2 Å². The van der Waals surface area contributed by atoms with Gasteiger partial charge in [-0.1, -0.05) is 48.5 Å². The maximum Gasteiger partial charge on any atom is 0.322 e. The van der Waals surface area contributed by atoms with Crippen molar-refractivity contribution in [3.63, 3.8) is 0 Å². The number of thiophene rings is 1. The van der Waals surface area contributed by atoms with E-state index in [1.54, 1.807) is 37.6 Å². The largest absolute Gasteiger partial charge is 0.493 e. The number of nitrogens with one attached hydrogen (secondary N) is 1.